The number of carbonyl (C=O) groups is 1. The summed E-state index contributed by atoms with van der Waals surface area (Å²) in [6, 6.07) is 3.18. The number of carbonyl (C=O) groups excluding carboxylic acids is 1. The van der Waals surface area contributed by atoms with E-state index >= 15 is 0 Å². The van der Waals surface area contributed by atoms with Crippen molar-refractivity contribution in [2.45, 2.75) is 37.5 Å². The van der Waals surface area contributed by atoms with Crippen molar-refractivity contribution in [3.8, 4) is 0 Å². The van der Waals surface area contributed by atoms with E-state index in [1.165, 1.54) is 6.26 Å². The molecule has 1 saturated carbocycles. The van der Waals surface area contributed by atoms with Crippen LogP contribution in [0.15, 0.2) is 22.8 Å². The van der Waals surface area contributed by atoms with Crippen molar-refractivity contribution in [2.75, 3.05) is 6.54 Å². The molecule has 1 aromatic rings. The zero-order chi connectivity index (χ0) is 13.9. The van der Waals surface area contributed by atoms with Crippen molar-refractivity contribution in [2.24, 2.45) is 0 Å². The van der Waals surface area contributed by atoms with Crippen molar-refractivity contribution in [3.05, 3.63) is 24.2 Å². The maximum Gasteiger partial charge on any atom is 0.401 e. The van der Waals surface area contributed by atoms with Crippen LogP contribution in [0, 0.1) is 0 Å². The highest BCUT2D eigenvalue weighted by atomic mass is 19.4. The number of alkyl halides is 3. The maximum atomic E-state index is 12.0. The molecule has 0 unspecified atom stereocenters. The van der Waals surface area contributed by atoms with Crippen molar-refractivity contribution in [1.29, 1.82) is 0 Å². The van der Waals surface area contributed by atoms with Crippen LogP contribution in [0.5, 0.6) is 0 Å². The van der Waals surface area contributed by atoms with Gasteiger partial charge in [0.05, 0.1) is 19.2 Å². The van der Waals surface area contributed by atoms with Crippen LogP contribution < -0.4 is 10.6 Å². The highest BCUT2D eigenvalue weighted by Crippen LogP contribution is 2.22. The Balaban J connectivity index is 1.61. The van der Waals surface area contributed by atoms with E-state index in [0.29, 0.717) is 18.6 Å². The summed E-state index contributed by atoms with van der Waals surface area (Å²) in [7, 11) is 0. The van der Waals surface area contributed by atoms with Crippen LogP contribution in [0.25, 0.3) is 0 Å². The highest BCUT2D eigenvalue weighted by Gasteiger charge is 2.34. The Morgan fingerprint density at radius 1 is 1.37 bits per heavy atom. The van der Waals surface area contributed by atoms with E-state index in [0.717, 1.165) is 0 Å². The predicted octanol–water partition coefficient (Wildman–Crippen LogP) is 1.62. The molecule has 0 bridgehead atoms. The monoisotopic (exact) mass is 276 g/mol. The molecule has 1 aliphatic carbocycles. The second-order valence-electron chi connectivity index (χ2n) is 4.68. The number of halogens is 3. The molecule has 0 spiro atoms. The van der Waals surface area contributed by atoms with Crippen molar-refractivity contribution < 1.29 is 22.4 Å². The van der Waals surface area contributed by atoms with Gasteiger partial charge in [0, 0.05) is 12.1 Å². The number of hydrogen-bond acceptors (Lipinski definition) is 3. The standard InChI is InChI=1S/C12H15F3N2O2/c13-12(14,15)7-16-8-4-9(5-8)17-11(18)6-10-2-1-3-19-10/h1-3,8-9,16H,4-7H2,(H,17,18). The molecule has 2 rings (SSSR count). The summed E-state index contributed by atoms with van der Waals surface area (Å²) in [5.41, 5.74) is 0. The summed E-state index contributed by atoms with van der Waals surface area (Å²) in [5.74, 6) is 0.401. The van der Waals surface area contributed by atoms with E-state index in [9.17, 15) is 18.0 Å². The molecule has 0 radical (unpaired) electrons. The molecule has 2 N–H and O–H groups in total. The van der Waals surface area contributed by atoms with E-state index in [2.05, 4.69) is 10.6 Å². The minimum Gasteiger partial charge on any atom is -0.469 e. The second-order valence-corrected chi connectivity index (χ2v) is 4.68. The highest BCUT2D eigenvalue weighted by molar-refractivity contribution is 5.78. The van der Waals surface area contributed by atoms with Gasteiger partial charge in [0.15, 0.2) is 0 Å². The first kappa shape index (κ1) is 13.9. The van der Waals surface area contributed by atoms with E-state index in [1.54, 1.807) is 12.1 Å². The SMILES string of the molecule is O=C(Cc1ccco1)NC1CC(NCC(F)(F)F)C1. The van der Waals surface area contributed by atoms with Gasteiger partial charge in [-0.05, 0) is 25.0 Å². The normalized spacial score (nSPS) is 22.9. The lowest BCUT2D eigenvalue weighted by Gasteiger charge is -2.36. The Morgan fingerprint density at radius 3 is 2.68 bits per heavy atom. The molecule has 4 nitrogen and oxygen atoms in total. The number of nitrogens with one attached hydrogen (secondary N) is 2. The number of furan rings is 1. The van der Waals surface area contributed by atoms with Crippen LogP contribution in [-0.2, 0) is 11.2 Å². The summed E-state index contributed by atoms with van der Waals surface area (Å²) in [4.78, 5) is 11.6. The minimum atomic E-state index is -4.19. The molecule has 0 atom stereocenters. The summed E-state index contributed by atoms with van der Waals surface area (Å²) < 4.78 is 40.9. The number of rotatable bonds is 5. The van der Waals surface area contributed by atoms with Crippen LogP contribution >= 0.6 is 0 Å². The Morgan fingerprint density at radius 2 is 2.11 bits per heavy atom. The molecule has 1 amide bonds. The summed E-state index contributed by atoms with van der Waals surface area (Å²) in [6.45, 7) is -0.981. The van der Waals surface area contributed by atoms with E-state index in [4.69, 9.17) is 4.42 Å². The van der Waals surface area contributed by atoms with Gasteiger partial charge in [0.1, 0.15) is 5.76 Å². The molecule has 0 saturated heterocycles. The number of hydrogen-bond donors (Lipinski definition) is 2. The average molecular weight is 276 g/mol. The van der Waals surface area contributed by atoms with Gasteiger partial charge in [-0.15, -0.1) is 0 Å². The van der Waals surface area contributed by atoms with E-state index in [1.807, 2.05) is 0 Å². The molecular weight excluding hydrogens is 261 g/mol. The van der Waals surface area contributed by atoms with Crippen LogP contribution in [-0.4, -0.2) is 30.7 Å². The van der Waals surface area contributed by atoms with E-state index < -0.39 is 12.7 Å². The minimum absolute atomic E-state index is 0.0480. The third kappa shape index (κ3) is 4.59. The largest absolute Gasteiger partial charge is 0.469 e. The Kier molecular flexibility index (Phi) is 4.14. The van der Waals surface area contributed by atoms with Gasteiger partial charge < -0.3 is 15.1 Å². The first-order valence-corrected chi connectivity index (χ1v) is 6.04. The van der Waals surface area contributed by atoms with Crippen LogP contribution in [0.3, 0.4) is 0 Å². The van der Waals surface area contributed by atoms with Gasteiger partial charge in [-0.1, -0.05) is 0 Å². The van der Waals surface area contributed by atoms with Crippen molar-refractivity contribution in [1.82, 2.24) is 10.6 Å². The zero-order valence-corrected chi connectivity index (χ0v) is 10.2. The molecule has 19 heavy (non-hydrogen) atoms. The average Bonchev–Trinajstić information content (AvgIpc) is 2.72. The topological polar surface area (TPSA) is 54.3 Å². The van der Waals surface area contributed by atoms with Crippen molar-refractivity contribution >= 4 is 5.91 Å². The summed E-state index contributed by atoms with van der Waals surface area (Å²) in [5, 5.41) is 5.17. The molecular formula is C12H15F3N2O2. The summed E-state index contributed by atoms with van der Waals surface area (Å²) in [6.07, 6.45) is -1.49. The fraction of sp³-hybridized carbons (Fsp3) is 0.583. The van der Waals surface area contributed by atoms with Crippen LogP contribution in [0.2, 0.25) is 0 Å². The molecule has 1 heterocycles. The maximum absolute atomic E-state index is 12.0. The molecule has 1 aliphatic rings. The lowest BCUT2D eigenvalue weighted by Crippen LogP contribution is -2.54. The fourth-order valence-corrected chi connectivity index (χ4v) is 2.01. The molecule has 0 aromatic carbocycles. The quantitative estimate of drug-likeness (QED) is 0.859. The number of amides is 1. The Hall–Kier alpha value is -1.50. The van der Waals surface area contributed by atoms with Gasteiger partial charge in [0.2, 0.25) is 5.91 Å². The predicted molar refractivity (Wildman–Crippen MR) is 61.4 cm³/mol. The lowest BCUT2D eigenvalue weighted by molar-refractivity contribution is -0.129. The molecule has 106 valence electrons. The third-order valence-electron chi connectivity index (χ3n) is 3.01. The molecule has 1 aromatic heterocycles. The zero-order valence-electron chi connectivity index (χ0n) is 10.2. The van der Waals surface area contributed by atoms with Crippen LogP contribution in [0.4, 0.5) is 13.2 Å². The van der Waals surface area contributed by atoms with Gasteiger partial charge >= 0.3 is 6.18 Å². The third-order valence-corrected chi connectivity index (χ3v) is 3.01. The first-order valence-electron chi connectivity index (χ1n) is 6.04. The van der Waals surface area contributed by atoms with E-state index in [-0.39, 0.29) is 24.4 Å². The first-order chi connectivity index (χ1) is 8.92. The second kappa shape index (κ2) is 5.64. The van der Waals surface area contributed by atoms with Gasteiger partial charge in [-0.2, -0.15) is 13.2 Å². The van der Waals surface area contributed by atoms with Gasteiger partial charge in [0.25, 0.3) is 0 Å². The smallest absolute Gasteiger partial charge is 0.401 e. The van der Waals surface area contributed by atoms with Gasteiger partial charge in [-0.3, -0.25) is 4.79 Å². The molecule has 7 heteroatoms. The molecule has 1 fully saturated rings. The van der Waals surface area contributed by atoms with Crippen molar-refractivity contribution in [3.63, 3.8) is 0 Å². The lowest BCUT2D eigenvalue weighted by atomic mass is 9.86. The molecule has 0 aliphatic heterocycles. The Bertz CT molecular complexity index is 411. The summed E-state index contributed by atoms with van der Waals surface area (Å²) >= 11 is 0. The fourth-order valence-electron chi connectivity index (χ4n) is 2.01. The van der Waals surface area contributed by atoms with Crippen LogP contribution in [0.1, 0.15) is 18.6 Å². The Labute approximate surface area is 108 Å². The van der Waals surface area contributed by atoms with Gasteiger partial charge in [-0.25, -0.2) is 0 Å².